The first-order valence-corrected chi connectivity index (χ1v) is 7.75. The van der Waals surface area contributed by atoms with E-state index in [4.69, 9.17) is 9.47 Å². The fourth-order valence-electron chi connectivity index (χ4n) is 4.86. The summed E-state index contributed by atoms with van der Waals surface area (Å²) in [5.74, 6) is 0.279. The highest BCUT2D eigenvalue weighted by molar-refractivity contribution is 5.26. The van der Waals surface area contributed by atoms with Crippen molar-refractivity contribution >= 4 is 0 Å². The average molecular weight is 278 g/mol. The molecule has 0 radical (unpaired) electrons. The Labute approximate surface area is 121 Å². The molecule has 0 unspecified atom stereocenters. The molecule has 3 nitrogen and oxygen atoms in total. The van der Waals surface area contributed by atoms with E-state index in [1.54, 1.807) is 0 Å². The van der Waals surface area contributed by atoms with E-state index in [0.29, 0.717) is 25.0 Å². The first kappa shape index (κ1) is 14.3. The second-order valence-electron chi connectivity index (χ2n) is 6.89. The van der Waals surface area contributed by atoms with E-state index in [2.05, 4.69) is 20.1 Å². The Morgan fingerprint density at radius 3 is 2.65 bits per heavy atom. The van der Waals surface area contributed by atoms with Crippen molar-refractivity contribution in [1.29, 1.82) is 0 Å². The molecule has 2 saturated carbocycles. The maximum atomic E-state index is 9.22. The average Bonchev–Trinajstić information content (AvgIpc) is 2.97. The molecule has 3 heteroatoms. The molecule has 3 aliphatic rings. The largest absolute Gasteiger partial charge is 0.396 e. The molecule has 1 saturated heterocycles. The number of fused-ring (bicyclic) bond motifs is 3. The first-order valence-electron chi connectivity index (χ1n) is 7.75. The minimum atomic E-state index is -0.445. The normalized spacial score (nSPS) is 38.6. The predicted molar refractivity (Wildman–Crippen MR) is 78.2 cm³/mol. The first-order chi connectivity index (χ1) is 9.53. The van der Waals surface area contributed by atoms with Crippen LogP contribution in [-0.2, 0) is 9.47 Å². The summed E-state index contributed by atoms with van der Waals surface area (Å²) in [6.45, 7) is 12.3. The lowest BCUT2D eigenvalue weighted by Gasteiger charge is -2.48. The van der Waals surface area contributed by atoms with Gasteiger partial charge in [-0.3, -0.25) is 0 Å². The maximum absolute atomic E-state index is 9.22. The lowest BCUT2D eigenvalue weighted by Crippen LogP contribution is -2.48. The summed E-state index contributed by atoms with van der Waals surface area (Å²) in [4.78, 5) is 0. The third-order valence-corrected chi connectivity index (χ3v) is 5.65. The second-order valence-corrected chi connectivity index (χ2v) is 6.89. The van der Waals surface area contributed by atoms with Crippen molar-refractivity contribution in [2.45, 2.75) is 44.8 Å². The number of hydrogen-bond donors (Lipinski definition) is 1. The fourth-order valence-corrected chi connectivity index (χ4v) is 4.86. The van der Waals surface area contributed by atoms with Crippen molar-refractivity contribution in [1.82, 2.24) is 0 Å². The molecule has 20 heavy (non-hydrogen) atoms. The van der Waals surface area contributed by atoms with Gasteiger partial charge in [-0.25, -0.2) is 0 Å². The molecule has 1 aliphatic heterocycles. The van der Waals surface area contributed by atoms with Gasteiger partial charge in [0.2, 0.25) is 0 Å². The molecule has 0 amide bonds. The number of hydrogen-bond acceptors (Lipinski definition) is 3. The molecule has 3 fully saturated rings. The predicted octanol–water partition coefficient (Wildman–Crippen LogP) is 3.05. The standard InChI is InChI=1S/C17H26O3/c1-12(2)14-11-17(19-7-8-20-17)15-10-16(14,5-4-6-18)9-13(15)3/h14-15,18H,1,3-11H2,2H3/t14-,15+,16+/m0/s1. The molecule has 0 aromatic rings. The van der Waals surface area contributed by atoms with Gasteiger partial charge in [0.1, 0.15) is 0 Å². The molecule has 0 aromatic heterocycles. The Morgan fingerprint density at radius 2 is 2.05 bits per heavy atom. The van der Waals surface area contributed by atoms with Crippen LogP contribution in [-0.4, -0.2) is 30.7 Å². The third-order valence-electron chi connectivity index (χ3n) is 5.65. The Balaban J connectivity index is 1.94. The van der Waals surface area contributed by atoms with Gasteiger partial charge >= 0.3 is 0 Å². The van der Waals surface area contributed by atoms with Crippen LogP contribution in [0.5, 0.6) is 0 Å². The molecule has 2 aliphatic carbocycles. The van der Waals surface area contributed by atoms with E-state index in [-0.39, 0.29) is 12.0 Å². The van der Waals surface area contributed by atoms with Gasteiger partial charge in [0.05, 0.1) is 13.2 Å². The van der Waals surface area contributed by atoms with Gasteiger partial charge in [0, 0.05) is 18.9 Å². The van der Waals surface area contributed by atoms with Gasteiger partial charge < -0.3 is 14.6 Å². The van der Waals surface area contributed by atoms with Crippen LogP contribution in [0, 0.1) is 17.3 Å². The quantitative estimate of drug-likeness (QED) is 0.803. The van der Waals surface area contributed by atoms with Crippen LogP contribution in [0.1, 0.15) is 39.0 Å². The highest BCUT2D eigenvalue weighted by Crippen LogP contribution is 2.64. The van der Waals surface area contributed by atoms with E-state index in [1.807, 2.05) is 0 Å². The minimum Gasteiger partial charge on any atom is -0.396 e. The minimum absolute atomic E-state index is 0.219. The lowest BCUT2D eigenvalue weighted by molar-refractivity contribution is -0.218. The molecule has 1 N–H and O–H groups in total. The summed E-state index contributed by atoms with van der Waals surface area (Å²) in [7, 11) is 0. The van der Waals surface area contributed by atoms with Gasteiger partial charge in [0.15, 0.2) is 5.79 Å². The molecule has 112 valence electrons. The molecule has 1 heterocycles. The maximum Gasteiger partial charge on any atom is 0.175 e. The highest BCUT2D eigenvalue weighted by atomic mass is 16.7. The topological polar surface area (TPSA) is 38.7 Å². The highest BCUT2D eigenvalue weighted by Gasteiger charge is 2.61. The van der Waals surface area contributed by atoms with Crippen LogP contribution in [0.15, 0.2) is 24.3 Å². The van der Waals surface area contributed by atoms with E-state index >= 15 is 0 Å². The SMILES string of the molecule is C=C1C[C@]2(CCCO)C[C@H]1C1(C[C@H]2C(=C)C)OCCO1. The summed E-state index contributed by atoms with van der Waals surface area (Å²) >= 11 is 0. The van der Waals surface area contributed by atoms with Gasteiger partial charge in [-0.15, -0.1) is 0 Å². The van der Waals surface area contributed by atoms with Crippen molar-refractivity contribution in [3.63, 3.8) is 0 Å². The van der Waals surface area contributed by atoms with Crippen molar-refractivity contribution in [3.8, 4) is 0 Å². The summed E-state index contributed by atoms with van der Waals surface area (Å²) in [6.07, 6.45) is 4.91. The van der Waals surface area contributed by atoms with Crippen molar-refractivity contribution < 1.29 is 14.6 Å². The Kier molecular flexibility index (Phi) is 3.56. The van der Waals surface area contributed by atoms with Gasteiger partial charge in [-0.1, -0.05) is 24.3 Å². The zero-order valence-electron chi connectivity index (χ0n) is 12.5. The smallest absolute Gasteiger partial charge is 0.175 e. The Hall–Kier alpha value is -0.640. The van der Waals surface area contributed by atoms with Crippen LogP contribution in [0.2, 0.25) is 0 Å². The number of rotatable bonds is 4. The van der Waals surface area contributed by atoms with Crippen molar-refractivity contribution in [3.05, 3.63) is 24.3 Å². The van der Waals surface area contributed by atoms with Gasteiger partial charge in [-0.05, 0) is 43.9 Å². The van der Waals surface area contributed by atoms with Crippen molar-refractivity contribution in [2.24, 2.45) is 17.3 Å². The summed E-state index contributed by atoms with van der Waals surface area (Å²) < 4.78 is 12.1. The molecule has 3 rings (SSSR count). The Morgan fingerprint density at radius 1 is 1.35 bits per heavy atom. The van der Waals surface area contributed by atoms with E-state index in [1.165, 1.54) is 11.1 Å². The van der Waals surface area contributed by atoms with Crippen LogP contribution in [0.4, 0.5) is 0 Å². The van der Waals surface area contributed by atoms with Crippen LogP contribution in [0.25, 0.3) is 0 Å². The summed E-state index contributed by atoms with van der Waals surface area (Å²) in [5, 5.41) is 9.22. The number of ether oxygens (including phenoxy) is 2. The van der Waals surface area contributed by atoms with Crippen LogP contribution in [0.3, 0.4) is 0 Å². The number of allylic oxidation sites excluding steroid dienone is 1. The molecular formula is C17H26O3. The monoisotopic (exact) mass is 278 g/mol. The van der Waals surface area contributed by atoms with E-state index in [9.17, 15) is 5.11 Å². The molecule has 0 aromatic carbocycles. The van der Waals surface area contributed by atoms with Gasteiger partial charge in [-0.2, -0.15) is 0 Å². The summed E-state index contributed by atoms with van der Waals surface area (Å²) in [6, 6.07) is 0. The zero-order valence-corrected chi connectivity index (χ0v) is 12.5. The zero-order chi connectivity index (χ0) is 14.4. The second kappa shape index (κ2) is 4.97. The van der Waals surface area contributed by atoms with Crippen LogP contribution < -0.4 is 0 Å². The van der Waals surface area contributed by atoms with Crippen molar-refractivity contribution in [2.75, 3.05) is 19.8 Å². The van der Waals surface area contributed by atoms with E-state index < -0.39 is 5.79 Å². The van der Waals surface area contributed by atoms with Gasteiger partial charge in [0.25, 0.3) is 0 Å². The third kappa shape index (κ3) is 1.99. The Bertz CT molecular complexity index is 422. The molecular weight excluding hydrogens is 252 g/mol. The number of aliphatic hydroxyl groups excluding tert-OH is 1. The molecule has 2 bridgehead atoms. The summed E-state index contributed by atoms with van der Waals surface area (Å²) in [5.41, 5.74) is 2.71. The van der Waals surface area contributed by atoms with Crippen LogP contribution >= 0.6 is 0 Å². The van der Waals surface area contributed by atoms with E-state index in [0.717, 1.165) is 32.1 Å². The fraction of sp³-hybridized carbons (Fsp3) is 0.765. The molecule has 1 spiro atoms. The number of aliphatic hydroxyl groups is 1. The molecule has 3 atom stereocenters. The lowest BCUT2D eigenvalue weighted by atomic mass is 9.61.